The van der Waals surface area contributed by atoms with E-state index < -0.39 is 0 Å². The van der Waals surface area contributed by atoms with Gasteiger partial charge in [0.1, 0.15) is 11.6 Å². The molecule has 0 fully saturated rings. The van der Waals surface area contributed by atoms with Gasteiger partial charge in [0, 0.05) is 24.3 Å². The van der Waals surface area contributed by atoms with Gasteiger partial charge >= 0.3 is 0 Å². The quantitative estimate of drug-likeness (QED) is 0.625. The fourth-order valence-corrected chi connectivity index (χ4v) is 1.54. The molecule has 0 aromatic heterocycles. The topological polar surface area (TPSA) is 64.9 Å². The van der Waals surface area contributed by atoms with E-state index in [0.717, 1.165) is 5.56 Å². The number of halogens is 1. The highest BCUT2D eigenvalue weighted by molar-refractivity contribution is 6.30. The van der Waals surface area contributed by atoms with Gasteiger partial charge in [-0.2, -0.15) is 5.26 Å². The predicted octanol–water partition coefficient (Wildman–Crippen LogP) is 2.61. The van der Waals surface area contributed by atoms with Crippen LogP contribution in [0, 0.1) is 17.2 Å². The number of carbonyl (C=O) groups excluding carboxylic acids is 1. The molecule has 1 amide bonds. The average Bonchev–Trinajstić information content (AvgIpc) is 2.43. The van der Waals surface area contributed by atoms with Gasteiger partial charge in [-0.05, 0) is 23.6 Å². The lowest BCUT2D eigenvalue weighted by Crippen LogP contribution is -2.29. The third kappa shape index (κ3) is 5.77. The number of rotatable bonds is 6. The number of nitriles is 1. The van der Waals surface area contributed by atoms with Crippen molar-refractivity contribution in [2.75, 3.05) is 6.54 Å². The second kappa shape index (κ2) is 8.23. The third-order valence-electron chi connectivity index (χ3n) is 2.50. The molecule has 1 aromatic carbocycles. The summed E-state index contributed by atoms with van der Waals surface area (Å²) >= 11 is 5.79. The second-order valence-electron chi connectivity index (χ2n) is 4.78. The summed E-state index contributed by atoms with van der Waals surface area (Å²) in [4.78, 5) is 11.7. The molecule has 0 heterocycles. The van der Waals surface area contributed by atoms with Crippen LogP contribution >= 0.6 is 11.6 Å². The van der Waals surface area contributed by atoms with E-state index in [1.54, 1.807) is 12.1 Å². The van der Waals surface area contributed by atoms with Crippen LogP contribution in [0.15, 0.2) is 36.0 Å². The Hall–Kier alpha value is -1.99. The van der Waals surface area contributed by atoms with Gasteiger partial charge in [0.15, 0.2) is 0 Å². The molecule has 0 saturated carbocycles. The summed E-state index contributed by atoms with van der Waals surface area (Å²) < 4.78 is 0. The van der Waals surface area contributed by atoms with Crippen molar-refractivity contribution in [2.24, 2.45) is 5.92 Å². The Balaban J connectivity index is 2.51. The van der Waals surface area contributed by atoms with Crippen molar-refractivity contribution in [3.8, 4) is 6.07 Å². The molecule has 2 N–H and O–H groups in total. The highest BCUT2D eigenvalue weighted by atomic mass is 35.5. The molecule has 0 atom stereocenters. The second-order valence-corrected chi connectivity index (χ2v) is 5.22. The molecule has 4 nitrogen and oxygen atoms in total. The summed E-state index contributed by atoms with van der Waals surface area (Å²) in [6.07, 6.45) is 1.43. The number of benzene rings is 1. The molecule has 0 saturated heterocycles. The van der Waals surface area contributed by atoms with Gasteiger partial charge in [0.25, 0.3) is 5.91 Å². The van der Waals surface area contributed by atoms with Crippen LogP contribution < -0.4 is 10.6 Å². The molecule has 0 spiro atoms. The summed E-state index contributed by atoms with van der Waals surface area (Å²) in [5, 5.41) is 15.3. The molecule has 5 heteroatoms. The molecule has 0 aliphatic carbocycles. The van der Waals surface area contributed by atoms with Crippen molar-refractivity contribution in [1.82, 2.24) is 10.6 Å². The van der Waals surface area contributed by atoms with Crippen LogP contribution in [0.3, 0.4) is 0 Å². The van der Waals surface area contributed by atoms with Crippen molar-refractivity contribution in [3.05, 3.63) is 46.6 Å². The maximum atomic E-state index is 11.7. The number of hydrogen-bond donors (Lipinski definition) is 2. The van der Waals surface area contributed by atoms with Crippen LogP contribution in [-0.2, 0) is 11.3 Å². The van der Waals surface area contributed by atoms with Crippen LogP contribution in [0.2, 0.25) is 5.02 Å². The lowest BCUT2D eigenvalue weighted by atomic mass is 10.2. The Morgan fingerprint density at radius 2 is 2.05 bits per heavy atom. The number of nitrogens with zero attached hydrogens (tertiary/aromatic N) is 1. The molecule has 0 aliphatic rings. The van der Waals surface area contributed by atoms with Gasteiger partial charge in [-0.15, -0.1) is 0 Å². The largest absolute Gasteiger partial charge is 0.386 e. The van der Waals surface area contributed by atoms with Crippen LogP contribution in [0.5, 0.6) is 0 Å². The standard InChI is InChI=1S/C15H18ClN3O/c1-11(2)8-19-15(20)13(7-17)10-18-9-12-3-5-14(16)6-4-12/h3-6,10-11,18H,8-9H2,1-2H3,(H,19,20)/b13-10-. The molecule has 1 rings (SSSR count). The Bertz CT molecular complexity index is 515. The highest BCUT2D eigenvalue weighted by Crippen LogP contribution is 2.09. The molecular formula is C15H18ClN3O. The molecule has 0 radical (unpaired) electrons. The zero-order valence-corrected chi connectivity index (χ0v) is 12.4. The van der Waals surface area contributed by atoms with E-state index in [0.29, 0.717) is 24.0 Å². The fraction of sp³-hybridized carbons (Fsp3) is 0.333. The SMILES string of the molecule is CC(C)CNC(=O)/C(C#N)=C\NCc1ccc(Cl)cc1. The summed E-state index contributed by atoms with van der Waals surface area (Å²) in [5.74, 6) is -0.00859. The normalized spacial score (nSPS) is 11.1. The molecule has 0 bridgehead atoms. The Morgan fingerprint density at radius 1 is 1.40 bits per heavy atom. The Kier molecular flexibility index (Phi) is 6.61. The minimum absolute atomic E-state index is 0.0691. The number of hydrogen-bond acceptors (Lipinski definition) is 3. The van der Waals surface area contributed by atoms with Crippen LogP contribution in [0.25, 0.3) is 0 Å². The maximum Gasteiger partial charge on any atom is 0.263 e. The zero-order valence-electron chi connectivity index (χ0n) is 11.6. The number of amides is 1. The third-order valence-corrected chi connectivity index (χ3v) is 2.75. The lowest BCUT2D eigenvalue weighted by Gasteiger charge is -2.07. The smallest absolute Gasteiger partial charge is 0.263 e. The van der Waals surface area contributed by atoms with E-state index in [1.165, 1.54) is 6.20 Å². The summed E-state index contributed by atoms with van der Waals surface area (Å²) in [6, 6.07) is 9.24. The van der Waals surface area contributed by atoms with E-state index in [4.69, 9.17) is 16.9 Å². The predicted molar refractivity (Wildman–Crippen MR) is 79.8 cm³/mol. The van der Waals surface area contributed by atoms with Gasteiger partial charge in [-0.1, -0.05) is 37.6 Å². The minimum atomic E-state index is -0.357. The summed E-state index contributed by atoms with van der Waals surface area (Å²) in [6.45, 7) is 5.07. The molecule has 20 heavy (non-hydrogen) atoms. The van der Waals surface area contributed by atoms with Crippen molar-refractivity contribution in [1.29, 1.82) is 5.26 Å². The van der Waals surface area contributed by atoms with Gasteiger partial charge in [0.2, 0.25) is 0 Å². The lowest BCUT2D eigenvalue weighted by molar-refractivity contribution is -0.117. The molecule has 1 aromatic rings. The van der Waals surface area contributed by atoms with Crippen LogP contribution in [0.4, 0.5) is 0 Å². The molecule has 0 unspecified atom stereocenters. The first-order chi connectivity index (χ1) is 9.52. The van der Waals surface area contributed by atoms with Gasteiger partial charge in [-0.25, -0.2) is 0 Å². The number of nitrogens with one attached hydrogen (secondary N) is 2. The Morgan fingerprint density at radius 3 is 2.60 bits per heavy atom. The van der Waals surface area contributed by atoms with E-state index >= 15 is 0 Å². The summed E-state index contributed by atoms with van der Waals surface area (Å²) in [7, 11) is 0. The van der Waals surface area contributed by atoms with E-state index in [9.17, 15) is 4.79 Å². The summed E-state index contributed by atoms with van der Waals surface area (Å²) in [5.41, 5.74) is 1.09. The van der Waals surface area contributed by atoms with Gasteiger partial charge in [-0.3, -0.25) is 4.79 Å². The number of carbonyl (C=O) groups is 1. The monoisotopic (exact) mass is 291 g/mol. The first kappa shape index (κ1) is 16.1. The van der Waals surface area contributed by atoms with E-state index in [-0.39, 0.29) is 11.5 Å². The molecular weight excluding hydrogens is 274 g/mol. The minimum Gasteiger partial charge on any atom is -0.386 e. The van der Waals surface area contributed by atoms with Gasteiger partial charge < -0.3 is 10.6 Å². The van der Waals surface area contributed by atoms with Crippen LogP contribution in [0.1, 0.15) is 19.4 Å². The van der Waals surface area contributed by atoms with Crippen molar-refractivity contribution in [2.45, 2.75) is 20.4 Å². The molecule has 106 valence electrons. The zero-order chi connectivity index (χ0) is 15.0. The van der Waals surface area contributed by atoms with E-state index in [2.05, 4.69) is 10.6 Å². The van der Waals surface area contributed by atoms with E-state index in [1.807, 2.05) is 32.0 Å². The average molecular weight is 292 g/mol. The first-order valence-electron chi connectivity index (χ1n) is 6.39. The van der Waals surface area contributed by atoms with Crippen molar-refractivity contribution >= 4 is 17.5 Å². The first-order valence-corrected chi connectivity index (χ1v) is 6.77. The fourth-order valence-electron chi connectivity index (χ4n) is 1.41. The van der Waals surface area contributed by atoms with Gasteiger partial charge in [0.05, 0.1) is 0 Å². The van der Waals surface area contributed by atoms with Crippen LogP contribution in [-0.4, -0.2) is 12.5 Å². The highest BCUT2D eigenvalue weighted by Gasteiger charge is 2.08. The maximum absolute atomic E-state index is 11.7. The van der Waals surface area contributed by atoms with Crippen molar-refractivity contribution in [3.63, 3.8) is 0 Å². The molecule has 0 aliphatic heterocycles. The van der Waals surface area contributed by atoms with Crippen molar-refractivity contribution < 1.29 is 4.79 Å². The Labute approximate surface area is 124 Å².